The number of amides is 1. The van der Waals surface area contributed by atoms with Gasteiger partial charge in [-0.05, 0) is 30.7 Å². The minimum absolute atomic E-state index is 0.0607. The normalized spacial score (nSPS) is 16.6. The molecule has 0 unspecified atom stereocenters. The van der Waals surface area contributed by atoms with Crippen LogP contribution < -0.4 is 5.32 Å². The maximum atomic E-state index is 12.9. The second kappa shape index (κ2) is 4.79. The fraction of sp³-hybridized carbons (Fsp3) is 0.500. The summed E-state index contributed by atoms with van der Waals surface area (Å²) in [6.07, 6.45) is 5.15. The Kier molecular flexibility index (Phi) is 3.38. The predicted molar refractivity (Wildman–Crippen MR) is 59.9 cm³/mol. The predicted octanol–water partition coefficient (Wildman–Crippen LogP) is 1.11. The number of aliphatic hydroxyl groups excluding tert-OH is 1. The number of aliphatic hydroxyl groups is 1. The van der Waals surface area contributed by atoms with Crippen molar-refractivity contribution in [2.75, 3.05) is 13.2 Å². The van der Waals surface area contributed by atoms with Crippen LogP contribution in [0.15, 0.2) is 18.5 Å². The molecule has 4 nitrogen and oxygen atoms in total. The molecule has 17 heavy (non-hydrogen) atoms. The highest BCUT2D eigenvalue weighted by Crippen LogP contribution is 2.47. The van der Waals surface area contributed by atoms with Gasteiger partial charge in [-0.3, -0.25) is 9.78 Å². The van der Waals surface area contributed by atoms with Crippen molar-refractivity contribution < 1.29 is 14.3 Å². The molecule has 0 radical (unpaired) electrons. The summed E-state index contributed by atoms with van der Waals surface area (Å²) in [5.74, 6) is -0.838. The van der Waals surface area contributed by atoms with Crippen molar-refractivity contribution >= 4 is 5.91 Å². The molecule has 2 N–H and O–H groups in total. The topological polar surface area (TPSA) is 62.2 Å². The van der Waals surface area contributed by atoms with Crippen LogP contribution in [0.1, 0.15) is 29.6 Å². The zero-order valence-electron chi connectivity index (χ0n) is 9.45. The minimum atomic E-state index is -0.519. The van der Waals surface area contributed by atoms with E-state index >= 15 is 0 Å². The molecule has 1 aliphatic carbocycles. The van der Waals surface area contributed by atoms with Crippen molar-refractivity contribution in [1.29, 1.82) is 0 Å². The summed E-state index contributed by atoms with van der Waals surface area (Å²) >= 11 is 0. The molecule has 1 aliphatic rings. The van der Waals surface area contributed by atoms with Crippen LogP contribution in [0.5, 0.6) is 0 Å². The third-order valence-electron chi connectivity index (χ3n) is 3.19. The quantitative estimate of drug-likeness (QED) is 0.807. The van der Waals surface area contributed by atoms with Crippen molar-refractivity contribution in [1.82, 2.24) is 10.3 Å². The fourth-order valence-corrected chi connectivity index (χ4v) is 1.83. The summed E-state index contributed by atoms with van der Waals surface area (Å²) in [6, 6.07) is 1.16. The Balaban J connectivity index is 1.90. The Hall–Kier alpha value is -1.49. The Bertz CT molecular complexity index is 419. The number of carbonyl (C=O) groups is 1. The van der Waals surface area contributed by atoms with E-state index in [0.717, 1.165) is 25.1 Å². The van der Waals surface area contributed by atoms with Gasteiger partial charge in [0.25, 0.3) is 5.91 Å². The lowest BCUT2D eigenvalue weighted by atomic mass is 10.0. The van der Waals surface area contributed by atoms with Crippen LogP contribution in [0, 0.1) is 11.2 Å². The lowest BCUT2D eigenvalue weighted by Crippen LogP contribution is -2.30. The molecule has 0 saturated heterocycles. The molecule has 1 aromatic rings. The molecule has 0 aliphatic heterocycles. The van der Waals surface area contributed by atoms with Gasteiger partial charge in [-0.1, -0.05) is 0 Å². The number of hydrogen-bond acceptors (Lipinski definition) is 3. The van der Waals surface area contributed by atoms with Crippen LogP contribution in [0.2, 0.25) is 0 Å². The van der Waals surface area contributed by atoms with E-state index in [1.54, 1.807) is 0 Å². The number of rotatable bonds is 5. The van der Waals surface area contributed by atoms with Gasteiger partial charge in [0.15, 0.2) is 0 Å². The molecule has 1 saturated carbocycles. The van der Waals surface area contributed by atoms with Gasteiger partial charge in [-0.2, -0.15) is 0 Å². The first kappa shape index (κ1) is 12.0. The zero-order chi connectivity index (χ0) is 12.3. The van der Waals surface area contributed by atoms with E-state index in [9.17, 15) is 9.18 Å². The van der Waals surface area contributed by atoms with Gasteiger partial charge in [-0.25, -0.2) is 4.39 Å². The average molecular weight is 238 g/mol. The smallest absolute Gasteiger partial charge is 0.252 e. The molecule has 0 spiro atoms. The molecule has 1 amide bonds. The molecule has 0 atom stereocenters. The van der Waals surface area contributed by atoms with E-state index in [2.05, 4.69) is 10.3 Å². The highest BCUT2D eigenvalue weighted by molar-refractivity contribution is 5.93. The van der Waals surface area contributed by atoms with E-state index in [4.69, 9.17) is 5.11 Å². The number of nitrogens with one attached hydrogen (secondary N) is 1. The second-order valence-electron chi connectivity index (χ2n) is 4.55. The average Bonchev–Trinajstić information content (AvgIpc) is 3.07. The molecule has 2 rings (SSSR count). The Morgan fingerprint density at radius 2 is 2.29 bits per heavy atom. The highest BCUT2D eigenvalue weighted by Gasteiger charge is 2.41. The van der Waals surface area contributed by atoms with E-state index < -0.39 is 5.82 Å². The molecule has 1 heterocycles. The molecule has 0 bridgehead atoms. The standard InChI is InChI=1S/C12H15FN2O2/c13-10-5-9(6-14-7-10)11(17)15-8-12(1-2-12)3-4-16/h5-7,16H,1-4,8H2,(H,15,17). The zero-order valence-corrected chi connectivity index (χ0v) is 9.45. The third kappa shape index (κ3) is 3.00. The minimum Gasteiger partial charge on any atom is -0.396 e. The van der Waals surface area contributed by atoms with Crippen LogP contribution in [0.25, 0.3) is 0 Å². The van der Waals surface area contributed by atoms with E-state index in [1.165, 1.54) is 6.20 Å². The largest absolute Gasteiger partial charge is 0.396 e. The Morgan fingerprint density at radius 1 is 1.53 bits per heavy atom. The number of halogens is 1. The Morgan fingerprint density at radius 3 is 2.88 bits per heavy atom. The van der Waals surface area contributed by atoms with Crippen LogP contribution in [0.3, 0.4) is 0 Å². The highest BCUT2D eigenvalue weighted by atomic mass is 19.1. The molecule has 5 heteroatoms. The van der Waals surface area contributed by atoms with Crippen molar-refractivity contribution in [2.24, 2.45) is 5.41 Å². The monoisotopic (exact) mass is 238 g/mol. The van der Waals surface area contributed by atoms with Gasteiger partial charge in [0, 0.05) is 19.3 Å². The lowest BCUT2D eigenvalue weighted by Gasteiger charge is -2.14. The number of carbonyl (C=O) groups excluding carboxylic acids is 1. The van der Waals surface area contributed by atoms with Crippen LogP contribution >= 0.6 is 0 Å². The SMILES string of the molecule is O=C(NCC1(CCO)CC1)c1cncc(F)c1. The Labute approximate surface area is 98.9 Å². The van der Waals surface area contributed by atoms with Crippen molar-refractivity contribution in [3.8, 4) is 0 Å². The fourth-order valence-electron chi connectivity index (χ4n) is 1.83. The van der Waals surface area contributed by atoms with Gasteiger partial charge >= 0.3 is 0 Å². The van der Waals surface area contributed by atoms with Gasteiger partial charge in [-0.15, -0.1) is 0 Å². The van der Waals surface area contributed by atoms with Crippen LogP contribution in [-0.4, -0.2) is 29.1 Å². The summed E-state index contributed by atoms with van der Waals surface area (Å²) in [7, 11) is 0. The summed E-state index contributed by atoms with van der Waals surface area (Å²) in [5, 5.41) is 11.6. The summed E-state index contributed by atoms with van der Waals surface area (Å²) in [6.45, 7) is 0.667. The number of aromatic nitrogens is 1. The number of nitrogens with zero attached hydrogens (tertiary/aromatic N) is 1. The second-order valence-corrected chi connectivity index (χ2v) is 4.55. The van der Waals surface area contributed by atoms with Crippen molar-refractivity contribution in [3.63, 3.8) is 0 Å². The van der Waals surface area contributed by atoms with E-state index in [1.807, 2.05) is 0 Å². The molecular weight excluding hydrogens is 223 g/mol. The number of pyridine rings is 1. The molecule has 0 aromatic carbocycles. The van der Waals surface area contributed by atoms with Gasteiger partial charge in [0.1, 0.15) is 5.82 Å². The van der Waals surface area contributed by atoms with E-state index in [0.29, 0.717) is 13.0 Å². The first-order chi connectivity index (χ1) is 8.15. The molecule has 92 valence electrons. The summed E-state index contributed by atoms with van der Waals surface area (Å²) in [4.78, 5) is 15.3. The molecular formula is C12H15FN2O2. The van der Waals surface area contributed by atoms with Gasteiger partial charge in [0.2, 0.25) is 0 Å². The maximum absolute atomic E-state index is 12.9. The maximum Gasteiger partial charge on any atom is 0.252 e. The van der Waals surface area contributed by atoms with Gasteiger partial charge < -0.3 is 10.4 Å². The van der Waals surface area contributed by atoms with Crippen molar-refractivity contribution in [3.05, 3.63) is 29.8 Å². The first-order valence-corrected chi connectivity index (χ1v) is 5.65. The molecule has 1 aromatic heterocycles. The van der Waals surface area contributed by atoms with E-state index in [-0.39, 0.29) is 23.5 Å². The van der Waals surface area contributed by atoms with Crippen LogP contribution in [-0.2, 0) is 0 Å². The van der Waals surface area contributed by atoms with Crippen molar-refractivity contribution in [2.45, 2.75) is 19.3 Å². The first-order valence-electron chi connectivity index (χ1n) is 5.65. The van der Waals surface area contributed by atoms with Crippen LogP contribution in [0.4, 0.5) is 4.39 Å². The summed E-state index contributed by atoms with van der Waals surface area (Å²) < 4.78 is 12.9. The van der Waals surface area contributed by atoms with Gasteiger partial charge in [0.05, 0.1) is 11.8 Å². The number of hydrogen-bond donors (Lipinski definition) is 2. The third-order valence-corrected chi connectivity index (χ3v) is 3.19. The summed E-state index contributed by atoms with van der Waals surface area (Å²) in [5.41, 5.74) is 0.287. The molecule has 1 fully saturated rings. The lowest BCUT2D eigenvalue weighted by molar-refractivity contribution is 0.0940.